The van der Waals surface area contributed by atoms with Gasteiger partial charge in [0, 0.05) is 6.04 Å². The van der Waals surface area contributed by atoms with Crippen LogP contribution < -0.4 is 10.1 Å². The van der Waals surface area contributed by atoms with Gasteiger partial charge in [-0.2, -0.15) is 0 Å². The average molecular weight is 342 g/mol. The zero-order chi connectivity index (χ0) is 15.2. The summed E-state index contributed by atoms with van der Waals surface area (Å²) in [6, 6.07) is 6.93. The summed E-state index contributed by atoms with van der Waals surface area (Å²) in [7, 11) is 1.70. The Morgan fingerprint density at radius 1 is 1.35 bits per heavy atom. The summed E-state index contributed by atoms with van der Waals surface area (Å²) < 4.78 is 6.31. The van der Waals surface area contributed by atoms with Gasteiger partial charge in [0.2, 0.25) is 0 Å². The second kappa shape index (κ2) is 8.04. The molecule has 0 aliphatic carbocycles. The summed E-state index contributed by atoms with van der Waals surface area (Å²) in [5.41, 5.74) is 1.64. The highest BCUT2D eigenvalue weighted by Crippen LogP contribution is 2.31. The molecular weight excluding hydrogens is 314 g/mol. The molecule has 1 N–H and O–H groups in total. The minimum atomic E-state index is 0.286. The Bertz CT molecular complexity index is 417. The maximum atomic E-state index is 5.28. The second-order valence-electron chi connectivity index (χ2n) is 6.37. The zero-order valence-electron chi connectivity index (χ0n) is 13.4. The van der Waals surface area contributed by atoms with E-state index >= 15 is 0 Å². The molecule has 3 heteroatoms. The number of halogens is 1. The van der Waals surface area contributed by atoms with Gasteiger partial charge in [-0.3, -0.25) is 0 Å². The third-order valence-corrected chi connectivity index (χ3v) is 4.12. The third-order valence-electron chi connectivity index (χ3n) is 3.50. The number of nitrogens with one attached hydrogen (secondary N) is 1. The van der Waals surface area contributed by atoms with Crippen LogP contribution in [0, 0.1) is 5.41 Å². The highest BCUT2D eigenvalue weighted by molar-refractivity contribution is 9.10. The molecule has 1 aromatic rings. The molecule has 0 saturated heterocycles. The van der Waals surface area contributed by atoms with E-state index in [1.807, 2.05) is 6.07 Å². The van der Waals surface area contributed by atoms with Crippen LogP contribution >= 0.6 is 15.9 Å². The fourth-order valence-corrected chi connectivity index (χ4v) is 3.32. The van der Waals surface area contributed by atoms with Crippen molar-refractivity contribution in [1.82, 2.24) is 5.32 Å². The second-order valence-corrected chi connectivity index (χ2v) is 7.22. The van der Waals surface area contributed by atoms with Crippen molar-refractivity contribution in [3.05, 3.63) is 28.2 Å². The fourth-order valence-electron chi connectivity index (χ4n) is 2.74. The van der Waals surface area contributed by atoms with Crippen LogP contribution in [0.1, 0.15) is 46.1 Å². The standard InChI is InChI=1S/C17H28BrNO/c1-6-9-19-13(2)11-17(3,4)12-14-7-8-16(20-5)15(18)10-14/h7-8,10,13,19H,6,9,11-12H2,1-5H3. The van der Waals surface area contributed by atoms with E-state index < -0.39 is 0 Å². The van der Waals surface area contributed by atoms with Crippen molar-refractivity contribution in [3.8, 4) is 5.75 Å². The van der Waals surface area contributed by atoms with Crippen LogP contribution in [-0.4, -0.2) is 19.7 Å². The monoisotopic (exact) mass is 341 g/mol. The molecule has 0 spiro atoms. The Morgan fingerprint density at radius 3 is 2.60 bits per heavy atom. The van der Waals surface area contributed by atoms with E-state index in [9.17, 15) is 0 Å². The number of ether oxygens (including phenoxy) is 1. The molecule has 1 atom stereocenters. The van der Waals surface area contributed by atoms with Gasteiger partial charge < -0.3 is 10.1 Å². The minimum Gasteiger partial charge on any atom is -0.496 e. The number of rotatable bonds is 8. The predicted octanol–water partition coefficient (Wildman–Crippen LogP) is 4.80. The Hall–Kier alpha value is -0.540. The lowest BCUT2D eigenvalue weighted by atomic mass is 9.80. The van der Waals surface area contributed by atoms with E-state index in [4.69, 9.17) is 4.74 Å². The van der Waals surface area contributed by atoms with Gasteiger partial charge in [0.05, 0.1) is 11.6 Å². The van der Waals surface area contributed by atoms with Crippen molar-refractivity contribution < 1.29 is 4.74 Å². The van der Waals surface area contributed by atoms with E-state index in [1.165, 1.54) is 18.4 Å². The average Bonchev–Trinajstić information content (AvgIpc) is 2.35. The SMILES string of the molecule is CCCNC(C)CC(C)(C)Cc1ccc(OC)c(Br)c1. The van der Waals surface area contributed by atoms with Crippen molar-refractivity contribution in [3.63, 3.8) is 0 Å². The lowest BCUT2D eigenvalue weighted by Gasteiger charge is -2.29. The lowest BCUT2D eigenvalue weighted by Crippen LogP contribution is -2.32. The molecule has 1 aromatic carbocycles. The molecule has 0 aliphatic rings. The largest absolute Gasteiger partial charge is 0.496 e. The van der Waals surface area contributed by atoms with E-state index in [-0.39, 0.29) is 5.41 Å². The molecule has 0 saturated carbocycles. The van der Waals surface area contributed by atoms with E-state index in [0.717, 1.165) is 23.2 Å². The molecule has 0 bridgehead atoms. The first-order valence-corrected chi connectivity index (χ1v) is 8.23. The van der Waals surface area contributed by atoms with Gasteiger partial charge in [-0.05, 0) is 71.8 Å². The molecule has 0 fully saturated rings. The first kappa shape index (κ1) is 17.5. The first-order chi connectivity index (χ1) is 9.38. The molecule has 0 radical (unpaired) electrons. The Labute approximate surface area is 132 Å². The number of hydrogen-bond donors (Lipinski definition) is 1. The molecule has 0 aromatic heterocycles. The van der Waals surface area contributed by atoms with E-state index in [2.05, 4.69) is 61.1 Å². The maximum absolute atomic E-state index is 5.28. The topological polar surface area (TPSA) is 21.3 Å². The minimum absolute atomic E-state index is 0.286. The van der Waals surface area contributed by atoms with Crippen LogP contribution in [0.25, 0.3) is 0 Å². The molecule has 0 amide bonds. The van der Waals surface area contributed by atoms with Gasteiger partial charge in [-0.15, -0.1) is 0 Å². The molecule has 2 nitrogen and oxygen atoms in total. The summed E-state index contributed by atoms with van der Waals surface area (Å²) in [4.78, 5) is 0. The van der Waals surface area contributed by atoms with Crippen LogP contribution in [0.5, 0.6) is 5.75 Å². The van der Waals surface area contributed by atoms with Crippen LogP contribution in [0.4, 0.5) is 0 Å². The normalized spacial score (nSPS) is 13.3. The Morgan fingerprint density at radius 2 is 2.05 bits per heavy atom. The van der Waals surface area contributed by atoms with E-state index in [1.54, 1.807) is 7.11 Å². The summed E-state index contributed by atoms with van der Waals surface area (Å²) >= 11 is 3.56. The van der Waals surface area contributed by atoms with Gasteiger partial charge in [-0.1, -0.05) is 26.8 Å². The number of methoxy groups -OCH3 is 1. The van der Waals surface area contributed by atoms with Crippen LogP contribution in [-0.2, 0) is 6.42 Å². The highest BCUT2D eigenvalue weighted by Gasteiger charge is 2.21. The van der Waals surface area contributed by atoms with Crippen molar-refractivity contribution in [1.29, 1.82) is 0 Å². The van der Waals surface area contributed by atoms with Crippen LogP contribution in [0.2, 0.25) is 0 Å². The molecule has 1 unspecified atom stereocenters. The van der Waals surface area contributed by atoms with E-state index in [0.29, 0.717) is 6.04 Å². The Balaban J connectivity index is 2.63. The Kier molecular flexibility index (Phi) is 7.04. The predicted molar refractivity (Wildman–Crippen MR) is 90.6 cm³/mol. The van der Waals surface area contributed by atoms with Crippen molar-refractivity contribution in [2.24, 2.45) is 5.41 Å². The quantitative estimate of drug-likeness (QED) is 0.732. The molecule has 0 aliphatic heterocycles. The number of benzene rings is 1. The van der Waals surface area contributed by atoms with Crippen molar-refractivity contribution in [2.75, 3.05) is 13.7 Å². The zero-order valence-corrected chi connectivity index (χ0v) is 15.0. The van der Waals surface area contributed by atoms with Gasteiger partial charge in [0.25, 0.3) is 0 Å². The molecule has 0 heterocycles. The van der Waals surface area contributed by atoms with Gasteiger partial charge in [-0.25, -0.2) is 0 Å². The summed E-state index contributed by atoms with van der Waals surface area (Å²) in [6.07, 6.45) is 3.45. The van der Waals surface area contributed by atoms with Crippen molar-refractivity contribution >= 4 is 15.9 Å². The van der Waals surface area contributed by atoms with Crippen molar-refractivity contribution in [2.45, 2.75) is 53.0 Å². The molecular formula is C17H28BrNO. The smallest absolute Gasteiger partial charge is 0.133 e. The highest BCUT2D eigenvalue weighted by atomic mass is 79.9. The number of hydrogen-bond acceptors (Lipinski definition) is 2. The van der Waals surface area contributed by atoms with Gasteiger partial charge >= 0.3 is 0 Å². The molecule has 1 rings (SSSR count). The summed E-state index contributed by atoms with van der Waals surface area (Å²) in [6.45, 7) is 10.3. The van der Waals surface area contributed by atoms with Gasteiger partial charge in [0.15, 0.2) is 0 Å². The molecule has 114 valence electrons. The molecule has 20 heavy (non-hydrogen) atoms. The van der Waals surface area contributed by atoms with Crippen LogP contribution in [0.3, 0.4) is 0 Å². The van der Waals surface area contributed by atoms with Gasteiger partial charge in [0.1, 0.15) is 5.75 Å². The maximum Gasteiger partial charge on any atom is 0.133 e. The summed E-state index contributed by atoms with van der Waals surface area (Å²) in [5, 5.41) is 3.57. The lowest BCUT2D eigenvalue weighted by molar-refractivity contribution is 0.287. The third kappa shape index (κ3) is 5.84. The summed E-state index contributed by atoms with van der Waals surface area (Å²) in [5.74, 6) is 0.893. The fraction of sp³-hybridized carbons (Fsp3) is 0.647. The van der Waals surface area contributed by atoms with Crippen LogP contribution in [0.15, 0.2) is 22.7 Å². The first-order valence-electron chi connectivity index (χ1n) is 7.43.